The molecular weight excluding hydrogens is 264 g/mol. The van der Waals surface area contributed by atoms with Crippen molar-refractivity contribution < 1.29 is 0 Å². The number of hydrogen-bond donors (Lipinski definition) is 2. The summed E-state index contributed by atoms with van der Waals surface area (Å²) in [5, 5.41) is 7.38. The van der Waals surface area contributed by atoms with Crippen LogP contribution >= 0.6 is 11.6 Å². The van der Waals surface area contributed by atoms with Gasteiger partial charge in [-0.1, -0.05) is 17.7 Å². The van der Waals surface area contributed by atoms with Gasteiger partial charge in [-0.25, -0.2) is 4.98 Å². The SMILES string of the molecule is Nc1n[nH]c(-c2nc3cccc(Cl)c3n2C2CC2)n1. The summed E-state index contributed by atoms with van der Waals surface area (Å²) < 4.78 is 2.14. The van der Waals surface area contributed by atoms with Crippen molar-refractivity contribution in [3.05, 3.63) is 23.2 Å². The van der Waals surface area contributed by atoms with Gasteiger partial charge in [0.25, 0.3) is 0 Å². The molecule has 0 atom stereocenters. The van der Waals surface area contributed by atoms with E-state index in [0.29, 0.717) is 16.9 Å². The highest BCUT2D eigenvalue weighted by atomic mass is 35.5. The van der Waals surface area contributed by atoms with E-state index in [9.17, 15) is 0 Å². The average molecular weight is 275 g/mol. The zero-order valence-electron chi connectivity index (χ0n) is 9.97. The number of anilines is 1. The molecule has 6 nitrogen and oxygen atoms in total. The molecule has 0 radical (unpaired) electrons. The van der Waals surface area contributed by atoms with Gasteiger partial charge < -0.3 is 10.3 Å². The maximum absolute atomic E-state index is 6.31. The van der Waals surface area contributed by atoms with Crippen LogP contribution in [0.3, 0.4) is 0 Å². The minimum absolute atomic E-state index is 0.218. The predicted molar refractivity (Wildman–Crippen MR) is 72.8 cm³/mol. The van der Waals surface area contributed by atoms with Crippen molar-refractivity contribution in [1.29, 1.82) is 0 Å². The van der Waals surface area contributed by atoms with Crippen molar-refractivity contribution in [3.8, 4) is 11.6 Å². The summed E-state index contributed by atoms with van der Waals surface area (Å²) in [6.45, 7) is 0. The number of benzene rings is 1. The highest BCUT2D eigenvalue weighted by Crippen LogP contribution is 2.42. The van der Waals surface area contributed by atoms with Gasteiger partial charge in [-0.2, -0.15) is 4.98 Å². The summed E-state index contributed by atoms with van der Waals surface area (Å²) in [6.07, 6.45) is 2.26. The second kappa shape index (κ2) is 3.71. The van der Waals surface area contributed by atoms with E-state index in [-0.39, 0.29) is 5.95 Å². The average Bonchev–Trinajstić information content (AvgIpc) is 3.01. The molecule has 1 aliphatic rings. The molecule has 7 heteroatoms. The molecule has 0 aliphatic heterocycles. The third kappa shape index (κ3) is 1.60. The lowest BCUT2D eigenvalue weighted by atomic mass is 10.3. The lowest BCUT2D eigenvalue weighted by Gasteiger charge is -2.06. The Morgan fingerprint density at radius 1 is 1.32 bits per heavy atom. The first-order valence-electron chi connectivity index (χ1n) is 6.09. The highest BCUT2D eigenvalue weighted by Gasteiger charge is 2.30. The second-order valence-corrected chi connectivity index (χ2v) is 5.09. The molecule has 0 saturated heterocycles. The Kier molecular flexibility index (Phi) is 2.11. The van der Waals surface area contributed by atoms with E-state index < -0.39 is 0 Å². The highest BCUT2D eigenvalue weighted by molar-refractivity contribution is 6.35. The van der Waals surface area contributed by atoms with Crippen molar-refractivity contribution in [2.45, 2.75) is 18.9 Å². The van der Waals surface area contributed by atoms with Crippen LogP contribution in [-0.2, 0) is 0 Å². The van der Waals surface area contributed by atoms with Crippen LogP contribution in [0.25, 0.3) is 22.7 Å². The van der Waals surface area contributed by atoms with Gasteiger partial charge in [0.2, 0.25) is 5.95 Å². The minimum Gasteiger partial charge on any atom is -0.366 e. The van der Waals surface area contributed by atoms with E-state index in [1.165, 1.54) is 0 Å². The van der Waals surface area contributed by atoms with Crippen molar-refractivity contribution in [2.24, 2.45) is 0 Å². The molecule has 1 saturated carbocycles. The monoisotopic (exact) mass is 274 g/mol. The lowest BCUT2D eigenvalue weighted by molar-refractivity contribution is 0.769. The fourth-order valence-corrected chi connectivity index (χ4v) is 2.60. The Balaban J connectivity index is 2.05. The van der Waals surface area contributed by atoms with Crippen LogP contribution in [0.4, 0.5) is 5.95 Å². The largest absolute Gasteiger partial charge is 0.366 e. The standard InChI is InChI=1S/C12H11ClN6/c13-7-2-1-3-8-9(7)19(6-4-5-6)11(15-8)10-16-12(14)18-17-10/h1-3,6H,4-5H2,(H3,14,16,17,18). The number of hydrogen-bond acceptors (Lipinski definition) is 4. The molecule has 2 heterocycles. The van der Waals surface area contributed by atoms with Gasteiger partial charge in [-0.05, 0) is 25.0 Å². The maximum Gasteiger partial charge on any atom is 0.239 e. The van der Waals surface area contributed by atoms with Gasteiger partial charge in [-0.15, -0.1) is 5.10 Å². The van der Waals surface area contributed by atoms with E-state index in [2.05, 4.69) is 24.7 Å². The van der Waals surface area contributed by atoms with E-state index in [0.717, 1.165) is 29.7 Å². The first-order chi connectivity index (χ1) is 9.24. The molecule has 19 heavy (non-hydrogen) atoms. The van der Waals surface area contributed by atoms with E-state index in [4.69, 9.17) is 17.3 Å². The molecule has 96 valence electrons. The molecular formula is C12H11ClN6. The summed E-state index contributed by atoms with van der Waals surface area (Å²) >= 11 is 6.31. The van der Waals surface area contributed by atoms with Crippen LogP contribution in [0.1, 0.15) is 18.9 Å². The lowest BCUT2D eigenvalue weighted by Crippen LogP contribution is -1.99. The first-order valence-corrected chi connectivity index (χ1v) is 6.46. The predicted octanol–water partition coefficient (Wildman–Crippen LogP) is 2.39. The molecule has 1 aliphatic carbocycles. The molecule has 0 amide bonds. The second-order valence-electron chi connectivity index (χ2n) is 4.69. The minimum atomic E-state index is 0.218. The van der Waals surface area contributed by atoms with Gasteiger partial charge >= 0.3 is 0 Å². The van der Waals surface area contributed by atoms with Crippen LogP contribution in [-0.4, -0.2) is 24.7 Å². The normalized spacial score (nSPS) is 15.2. The Labute approximate surface area is 113 Å². The molecule has 0 spiro atoms. The van der Waals surface area contributed by atoms with Crippen LogP contribution in [0.2, 0.25) is 5.02 Å². The van der Waals surface area contributed by atoms with E-state index in [1.54, 1.807) is 0 Å². The number of nitrogens with one attached hydrogen (secondary N) is 1. The Morgan fingerprint density at radius 3 is 2.84 bits per heavy atom. The van der Waals surface area contributed by atoms with Crippen LogP contribution < -0.4 is 5.73 Å². The molecule has 1 aromatic carbocycles. The maximum atomic E-state index is 6.31. The third-order valence-electron chi connectivity index (χ3n) is 3.29. The Bertz CT molecular complexity index is 770. The van der Waals surface area contributed by atoms with Gasteiger partial charge in [-0.3, -0.25) is 5.10 Å². The summed E-state index contributed by atoms with van der Waals surface area (Å²) in [5.41, 5.74) is 7.39. The van der Waals surface area contributed by atoms with Gasteiger partial charge in [0, 0.05) is 6.04 Å². The first kappa shape index (κ1) is 10.8. The number of para-hydroxylation sites is 1. The van der Waals surface area contributed by atoms with Crippen molar-refractivity contribution in [3.63, 3.8) is 0 Å². The fraction of sp³-hybridized carbons (Fsp3) is 0.250. The molecule has 1 fully saturated rings. The Hall–Kier alpha value is -2.08. The van der Waals surface area contributed by atoms with Crippen molar-refractivity contribution in [2.75, 3.05) is 5.73 Å². The quantitative estimate of drug-likeness (QED) is 0.751. The smallest absolute Gasteiger partial charge is 0.239 e. The van der Waals surface area contributed by atoms with Crippen LogP contribution in [0.5, 0.6) is 0 Å². The zero-order chi connectivity index (χ0) is 13.0. The van der Waals surface area contributed by atoms with Gasteiger partial charge in [0.15, 0.2) is 11.6 Å². The zero-order valence-corrected chi connectivity index (χ0v) is 10.7. The van der Waals surface area contributed by atoms with E-state index in [1.807, 2.05) is 18.2 Å². The third-order valence-corrected chi connectivity index (χ3v) is 3.59. The Morgan fingerprint density at radius 2 is 2.16 bits per heavy atom. The summed E-state index contributed by atoms with van der Waals surface area (Å²) in [7, 11) is 0. The number of halogens is 1. The number of aromatic amines is 1. The van der Waals surface area contributed by atoms with Crippen LogP contribution in [0, 0.1) is 0 Å². The molecule has 3 aromatic rings. The van der Waals surface area contributed by atoms with Crippen LogP contribution in [0.15, 0.2) is 18.2 Å². The topological polar surface area (TPSA) is 85.4 Å². The van der Waals surface area contributed by atoms with Crippen molar-refractivity contribution >= 4 is 28.6 Å². The molecule has 0 bridgehead atoms. The van der Waals surface area contributed by atoms with E-state index >= 15 is 0 Å². The number of rotatable bonds is 2. The van der Waals surface area contributed by atoms with Crippen molar-refractivity contribution in [1.82, 2.24) is 24.7 Å². The molecule has 2 aromatic heterocycles. The number of aromatic nitrogens is 5. The van der Waals surface area contributed by atoms with Gasteiger partial charge in [0.05, 0.1) is 16.1 Å². The number of nitrogen functional groups attached to an aromatic ring is 1. The molecule has 4 rings (SSSR count). The number of nitrogens with zero attached hydrogens (tertiary/aromatic N) is 4. The fourth-order valence-electron chi connectivity index (χ4n) is 2.34. The number of nitrogens with two attached hydrogens (primary N) is 1. The number of imidazole rings is 1. The summed E-state index contributed by atoms with van der Waals surface area (Å²) in [5.74, 6) is 1.54. The molecule has 0 unspecified atom stereocenters. The number of H-pyrrole nitrogens is 1. The van der Waals surface area contributed by atoms with Gasteiger partial charge in [0.1, 0.15) is 0 Å². The summed E-state index contributed by atoms with van der Waals surface area (Å²) in [6, 6.07) is 6.16. The summed E-state index contributed by atoms with van der Waals surface area (Å²) in [4.78, 5) is 8.77. The molecule has 3 N–H and O–H groups in total. The number of fused-ring (bicyclic) bond motifs is 1.